The molecule has 1 amide bonds. The minimum Gasteiger partial charge on any atom is -0.495 e. The Hall–Kier alpha value is -4.18. The van der Waals surface area contributed by atoms with Crippen LogP contribution in [0.2, 0.25) is 0 Å². The van der Waals surface area contributed by atoms with Crippen molar-refractivity contribution in [2.75, 3.05) is 12.4 Å². The largest absolute Gasteiger partial charge is 0.495 e. The maximum atomic E-state index is 13.2. The second kappa shape index (κ2) is 12.2. The molecule has 10 heteroatoms. The Balaban J connectivity index is 1.50. The Morgan fingerprint density at radius 3 is 2.49 bits per heavy atom. The monoisotopic (exact) mass is 518 g/mol. The van der Waals surface area contributed by atoms with Crippen molar-refractivity contribution >= 4 is 29.1 Å². The minimum atomic E-state index is -0.508. The standard InChI is InChI=1S/C27H27FN6O2S/c1-18(20-13-15-21(28)16-14-20)30-32-26(35)19(2)37-27-33-31-25(34(27)22-9-5-4-6-10-22)17-29-23-11-7-8-12-24(23)36-3/h4-16,19,29H,17H2,1-3H3,(H,32,35)/b30-18+/t19-/m1/s1. The van der Waals surface area contributed by atoms with E-state index in [-0.39, 0.29) is 11.7 Å². The van der Waals surface area contributed by atoms with Crippen molar-refractivity contribution in [2.45, 2.75) is 30.8 Å². The third-order valence-corrected chi connectivity index (χ3v) is 6.55. The summed E-state index contributed by atoms with van der Waals surface area (Å²) in [6.45, 7) is 3.92. The van der Waals surface area contributed by atoms with E-state index in [0.717, 1.165) is 22.7 Å². The van der Waals surface area contributed by atoms with E-state index >= 15 is 0 Å². The third kappa shape index (κ3) is 6.53. The molecule has 0 fully saturated rings. The Morgan fingerprint density at radius 2 is 1.76 bits per heavy atom. The van der Waals surface area contributed by atoms with Gasteiger partial charge in [-0.3, -0.25) is 9.36 Å². The molecule has 0 saturated heterocycles. The molecule has 190 valence electrons. The van der Waals surface area contributed by atoms with Crippen LogP contribution in [0.5, 0.6) is 5.75 Å². The highest BCUT2D eigenvalue weighted by molar-refractivity contribution is 8.00. The summed E-state index contributed by atoms with van der Waals surface area (Å²) in [5.74, 6) is 0.787. The number of hydrazone groups is 1. The number of rotatable bonds is 10. The molecule has 0 aliphatic carbocycles. The molecule has 4 rings (SSSR count). The van der Waals surface area contributed by atoms with E-state index in [1.54, 1.807) is 33.1 Å². The van der Waals surface area contributed by atoms with Gasteiger partial charge >= 0.3 is 0 Å². The zero-order valence-corrected chi connectivity index (χ0v) is 21.5. The first-order valence-corrected chi connectivity index (χ1v) is 12.5. The van der Waals surface area contributed by atoms with E-state index in [1.165, 1.54) is 23.9 Å². The zero-order valence-electron chi connectivity index (χ0n) is 20.7. The van der Waals surface area contributed by atoms with Crippen molar-refractivity contribution in [1.29, 1.82) is 0 Å². The summed E-state index contributed by atoms with van der Waals surface area (Å²) < 4.78 is 20.5. The lowest BCUT2D eigenvalue weighted by molar-refractivity contribution is -0.120. The molecule has 37 heavy (non-hydrogen) atoms. The van der Waals surface area contributed by atoms with E-state index in [1.807, 2.05) is 59.2 Å². The van der Waals surface area contributed by atoms with Crippen LogP contribution in [0.3, 0.4) is 0 Å². The van der Waals surface area contributed by atoms with Gasteiger partial charge in [0, 0.05) is 5.69 Å². The molecular formula is C27H27FN6O2S. The first-order chi connectivity index (χ1) is 18.0. The smallest absolute Gasteiger partial charge is 0.253 e. The number of thioether (sulfide) groups is 1. The van der Waals surface area contributed by atoms with Crippen molar-refractivity contribution in [3.05, 3.63) is 96.1 Å². The van der Waals surface area contributed by atoms with Crippen LogP contribution in [0.15, 0.2) is 89.1 Å². The van der Waals surface area contributed by atoms with Gasteiger partial charge in [-0.2, -0.15) is 5.10 Å². The predicted octanol–water partition coefficient (Wildman–Crippen LogP) is 5.05. The van der Waals surface area contributed by atoms with Gasteiger partial charge < -0.3 is 10.1 Å². The quantitative estimate of drug-likeness (QED) is 0.173. The van der Waals surface area contributed by atoms with Crippen LogP contribution >= 0.6 is 11.8 Å². The van der Waals surface area contributed by atoms with Crippen LogP contribution in [0.4, 0.5) is 10.1 Å². The summed E-state index contributed by atoms with van der Waals surface area (Å²) in [5.41, 5.74) is 5.60. The number of halogens is 1. The van der Waals surface area contributed by atoms with E-state index in [0.29, 0.717) is 23.2 Å². The Morgan fingerprint density at radius 1 is 1.05 bits per heavy atom. The van der Waals surface area contributed by atoms with Crippen LogP contribution < -0.4 is 15.5 Å². The Bertz CT molecular complexity index is 1380. The number of para-hydroxylation sites is 3. The first kappa shape index (κ1) is 25.9. The summed E-state index contributed by atoms with van der Waals surface area (Å²) in [7, 11) is 1.62. The molecular weight excluding hydrogens is 491 g/mol. The molecule has 3 aromatic carbocycles. The number of ether oxygens (including phenoxy) is 1. The lowest BCUT2D eigenvalue weighted by Gasteiger charge is -2.14. The van der Waals surface area contributed by atoms with Crippen molar-refractivity contribution < 1.29 is 13.9 Å². The average molecular weight is 519 g/mol. The van der Waals surface area contributed by atoms with Crippen molar-refractivity contribution in [1.82, 2.24) is 20.2 Å². The van der Waals surface area contributed by atoms with E-state index in [4.69, 9.17) is 4.74 Å². The maximum Gasteiger partial charge on any atom is 0.253 e. The van der Waals surface area contributed by atoms with Gasteiger partial charge in [-0.1, -0.05) is 54.2 Å². The van der Waals surface area contributed by atoms with Crippen LogP contribution in [-0.2, 0) is 11.3 Å². The number of benzene rings is 3. The van der Waals surface area contributed by atoms with Crippen molar-refractivity contribution in [3.8, 4) is 11.4 Å². The number of hydrogen-bond donors (Lipinski definition) is 2. The van der Waals surface area contributed by atoms with Gasteiger partial charge in [0.1, 0.15) is 11.6 Å². The van der Waals surface area contributed by atoms with Crippen molar-refractivity contribution in [2.24, 2.45) is 5.10 Å². The average Bonchev–Trinajstić information content (AvgIpc) is 3.33. The van der Waals surface area contributed by atoms with Crippen LogP contribution in [0, 0.1) is 5.82 Å². The third-order valence-electron chi connectivity index (χ3n) is 5.51. The second-order valence-electron chi connectivity index (χ2n) is 8.06. The predicted molar refractivity (Wildman–Crippen MR) is 144 cm³/mol. The summed E-state index contributed by atoms with van der Waals surface area (Å²) >= 11 is 1.28. The van der Waals surface area contributed by atoms with Crippen LogP contribution in [0.25, 0.3) is 5.69 Å². The molecule has 0 unspecified atom stereocenters. The zero-order chi connectivity index (χ0) is 26.2. The first-order valence-electron chi connectivity index (χ1n) is 11.6. The lowest BCUT2D eigenvalue weighted by Crippen LogP contribution is -2.28. The molecule has 0 aliphatic heterocycles. The van der Waals surface area contributed by atoms with Gasteiger partial charge in [-0.25, -0.2) is 9.82 Å². The normalized spacial score (nSPS) is 12.2. The number of carbonyl (C=O) groups excluding carboxylic acids is 1. The number of nitrogens with zero attached hydrogens (tertiary/aromatic N) is 4. The highest BCUT2D eigenvalue weighted by atomic mass is 32.2. The number of nitrogens with one attached hydrogen (secondary N) is 2. The molecule has 0 saturated carbocycles. The van der Waals surface area contributed by atoms with Gasteiger partial charge in [-0.05, 0) is 55.8 Å². The fourth-order valence-corrected chi connectivity index (χ4v) is 4.37. The van der Waals surface area contributed by atoms with Crippen LogP contribution in [0.1, 0.15) is 25.2 Å². The van der Waals surface area contributed by atoms with Gasteiger partial charge in [-0.15, -0.1) is 10.2 Å². The summed E-state index contributed by atoms with van der Waals surface area (Å²) in [5, 5.41) is 16.4. The fourth-order valence-electron chi connectivity index (χ4n) is 3.49. The molecule has 4 aromatic rings. The number of methoxy groups -OCH3 is 1. The number of aromatic nitrogens is 3. The topological polar surface area (TPSA) is 93.4 Å². The molecule has 1 heterocycles. The lowest BCUT2D eigenvalue weighted by atomic mass is 10.1. The van der Waals surface area contributed by atoms with Gasteiger partial charge in [0.05, 0.1) is 30.3 Å². The molecule has 1 aromatic heterocycles. The molecule has 0 bridgehead atoms. The summed E-state index contributed by atoms with van der Waals surface area (Å²) in [4.78, 5) is 12.8. The molecule has 0 aliphatic rings. The Kier molecular flexibility index (Phi) is 8.52. The van der Waals surface area contributed by atoms with E-state index < -0.39 is 5.25 Å². The van der Waals surface area contributed by atoms with Crippen molar-refractivity contribution in [3.63, 3.8) is 0 Å². The number of hydrogen-bond acceptors (Lipinski definition) is 7. The molecule has 0 spiro atoms. The minimum absolute atomic E-state index is 0.289. The number of carbonyl (C=O) groups is 1. The highest BCUT2D eigenvalue weighted by Gasteiger charge is 2.21. The van der Waals surface area contributed by atoms with E-state index in [9.17, 15) is 9.18 Å². The molecule has 2 N–H and O–H groups in total. The van der Waals surface area contributed by atoms with E-state index in [2.05, 4.69) is 26.0 Å². The highest BCUT2D eigenvalue weighted by Crippen LogP contribution is 2.28. The fraction of sp³-hybridized carbons (Fsp3) is 0.185. The number of anilines is 1. The molecule has 8 nitrogen and oxygen atoms in total. The molecule has 1 atom stereocenters. The maximum absolute atomic E-state index is 13.2. The SMILES string of the molecule is COc1ccccc1NCc1nnc(S[C@H](C)C(=O)N/N=C(\C)c2ccc(F)cc2)n1-c1ccccc1. The van der Waals surface area contributed by atoms with Crippen LogP contribution in [-0.4, -0.2) is 38.7 Å². The summed E-state index contributed by atoms with van der Waals surface area (Å²) in [6.07, 6.45) is 0. The van der Waals surface area contributed by atoms with Gasteiger partial charge in [0.25, 0.3) is 5.91 Å². The molecule has 0 radical (unpaired) electrons. The Labute approximate surface area is 219 Å². The summed E-state index contributed by atoms with van der Waals surface area (Å²) in [6, 6.07) is 23.3. The number of amides is 1. The van der Waals surface area contributed by atoms with Gasteiger partial charge in [0.15, 0.2) is 11.0 Å². The van der Waals surface area contributed by atoms with Gasteiger partial charge in [0.2, 0.25) is 0 Å². The second-order valence-corrected chi connectivity index (χ2v) is 9.37.